The molecule has 0 spiro atoms. The molecule has 3 nitrogen and oxygen atoms in total. The Hall–Kier alpha value is -2.43. The van der Waals surface area contributed by atoms with Gasteiger partial charge in [0.05, 0.1) is 0 Å². The number of aromatic carboxylic acids is 1. The van der Waals surface area contributed by atoms with Gasteiger partial charge in [-0.3, -0.25) is 4.79 Å². The van der Waals surface area contributed by atoms with Gasteiger partial charge in [0, 0.05) is 22.7 Å². The minimum atomic E-state index is -0.999. The van der Waals surface area contributed by atoms with Crippen molar-refractivity contribution in [1.29, 1.82) is 0 Å². The summed E-state index contributed by atoms with van der Waals surface area (Å²) in [6.45, 7) is 0. The molecule has 3 aromatic rings. The fourth-order valence-electron chi connectivity index (χ4n) is 2.59. The molecule has 0 saturated heterocycles. The van der Waals surface area contributed by atoms with Crippen LogP contribution in [0.4, 0.5) is 0 Å². The number of benzene rings is 2. The maximum Gasteiger partial charge on any atom is 0.346 e. The first-order valence-electron chi connectivity index (χ1n) is 7.70. The standard InChI is InChI=1S/C20H15ClO3S/c21-16-8-6-13(7-9-16)10-17(22)11-15-12-18(25-19(15)20(23)24)14-4-2-1-3-5-14/h1-9,12H,10-11H2,(H,23,24). The van der Waals surface area contributed by atoms with Crippen LogP contribution in [0.15, 0.2) is 60.7 Å². The van der Waals surface area contributed by atoms with Gasteiger partial charge in [0.25, 0.3) is 0 Å². The number of ketones is 1. The van der Waals surface area contributed by atoms with E-state index < -0.39 is 5.97 Å². The van der Waals surface area contributed by atoms with Crippen LogP contribution < -0.4 is 0 Å². The second-order valence-corrected chi connectivity index (χ2v) is 7.14. The minimum absolute atomic E-state index is 0.0257. The third-order valence-electron chi connectivity index (χ3n) is 3.76. The number of halogens is 1. The summed E-state index contributed by atoms with van der Waals surface area (Å²) in [6, 6.07) is 18.5. The number of carbonyl (C=O) groups is 2. The van der Waals surface area contributed by atoms with Gasteiger partial charge in [0.2, 0.25) is 0 Å². The van der Waals surface area contributed by atoms with Gasteiger partial charge >= 0.3 is 5.97 Å². The zero-order valence-corrected chi connectivity index (χ0v) is 14.8. The molecule has 126 valence electrons. The van der Waals surface area contributed by atoms with E-state index in [1.807, 2.05) is 36.4 Å². The van der Waals surface area contributed by atoms with Gasteiger partial charge in [-0.15, -0.1) is 11.3 Å². The van der Waals surface area contributed by atoms with E-state index >= 15 is 0 Å². The summed E-state index contributed by atoms with van der Waals surface area (Å²) in [5.41, 5.74) is 2.38. The summed E-state index contributed by atoms with van der Waals surface area (Å²) < 4.78 is 0. The van der Waals surface area contributed by atoms with E-state index in [-0.39, 0.29) is 23.5 Å². The highest BCUT2D eigenvalue weighted by atomic mass is 35.5. The Labute approximate surface area is 154 Å². The van der Waals surface area contributed by atoms with Crippen LogP contribution in [-0.2, 0) is 17.6 Å². The normalized spacial score (nSPS) is 10.6. The van der Waals surface area contributed by atoms with Crippen LogP contribution in [0.2, 0.25) is 5.02 Å². The minimum Gasteiger partial charge on any atom is -0.477 e. The van der Waals surface area contributed by atoms with Gasteiger partial charge in [0.1, 0.15) is 10.7 Å². The molecule has 1 heterocycles. The van der Waals surface area contributed by atoms with Gasteiger partial charge in [-0.1, -0.05) is 54.1 Å². The average Bonchev–Trinajstić information content (AvgIpc) is 3.02. The van der Waals surface area contributed by atoms with E-state index in [1.165, 1.54) is 11.3 Å². The van der Waals surface area contributed by atoms with Gasteiger partial charge in [0.15, 0.2) is 0 Å². The van der Waals surface area contributed by atoms with Crippen molar-refractivity contribution in [2.24, 2.45) is 0 Å². The molecule has 1 aromatic heterocycles. The molecule has 1 N–H and O–H groups in total. The molecule has 2 aromatic carbocycles. The molecule has 0 aliphatic carbocycles. The van der Waals surface area contributed by atoms with Crippen LogP contribution in [0.1, 0.15) is 20.8 Å². The van der Waals surface area contributed by atoms with E-state index in [1.54, 1.807) is 24.3 Å². The molecule has 0 atom stereocenters. The summed E-state index contributed by atoms with van der Waals surface area (Å²) in [7, 11) is 0. The van der Waals surface area contributed by atoms with Crippen molar-refractivity contribution in [2.75, 3.05) is 0 Å². The number of carbonyl (C=O) groups excluding carboxylic acids is 1. The topological polar surface area (TPSA) is 54.4 Å². The van der Waals surface area contributed by atoms with Crippen LogP contribution in [0.3, 0.4) is 0 Å². The fourth-order valence-corrected chi connectivity index (χ4v) is 3.74. The number of hydrogen-bond acceptors (Lipinski definition) is 3. The van der Waals surface area contributed by atoms with E-state index in [0.717, 1.165) is 16.0 Å². The van der Waals surface area contributed by atoms with Gasteiger partial charge in [-0.25, -0.2) is 4.79 Å². The van der Waals surface area contributed by atoms with Crippen LogP contribution >= 0.6 is 22.9 Å². The van der Waals surface area contributed by atoms with Crippen LogP contribution in [-0.4, -0.2) is 16.9 Å². The predicted molar refractivity (Wildman–Crippen MR) is 101 cm³/mol. The molecule has 5 heteroatoms. The Kier molecular flexibility index (Phi) is 5.31. The molecule has 3 rings (SSSR count). The fraction of sp³-hybridized carbons (Fsp3) is 0.100. The predicted octanol–water partition coefficient (Wildman–Crippen LogP) is 5.12. The lowest BCUT2D eigenvalue weighted by atomic mass is 10.0. The lowest BCUT2D eigenvalue weighted by molar-refractivity contribution is -0.117. The summed E-state index contributed by atoms with van der Waals surface area (Å²) in [5, 5.41) is 10.1. The molecular formula is C20H15ClO3S. The first kappa shape index (κ1) is 17.4. The second-order valence-electron chi connectivity index (χ2n) is 5.65. The summed E-state index contributed by atoms with van der Waals surface area (Å²) >= 11 is 7.05. The summed E-state index contributed by atoms with van der Waals surface area (Å²) in [4.78, 5) is 25.0. The number of carboxylic acid groups (broad SMARTS) is 1. The largest absolute Gasteiger partial charge is 0.477 e. The second kappa shape index (κ2) is 7.64. The van der Waals surface area contributed by atoms with E-state index in [9.17, 15) is 14.7 Å². The zero-order valence-electron chi connectivity index (χ0n) is 13.2. The highest BCUT2D eigenvalue weighted by Crippen LogP contribution is 2.32. The highest BCUT2D eigenvalue weighted by molar-refractivity contribution is 7.17. The quantitative estimate of drug-likeness (QED) is 0.655. The molecule has 0 radical (unpaired) electrons. The highest BCUT2D eigenvalue weighted by Gasteiger charge is 2.18. The molecule has 25 heavy (non-hydrogen) atoms. The summed E-state index contributed by atoms with van der Waals surface area (Å²) in [5.74, 6) is -1.02. The number of thiophene rings is 1. The number of rotatable bonds is 6. The Bertz CT molecular complexity index is 898. The maximum absolute atomic E-state index is 12.4. The average molecular weight is 371 g/mol. The SMILES string of the molecule is O=C(Cc1ccc(Cl)cc1)Cc1cc(-c2ccccc2)sc1C(=O)O. The monoisotopic (exact) mass is 370 g/mol. The van der Waals surface area contributed by atoms with Crippen LogP contribution in [0.25, 0.3) is 10.4 Å². The first-order valence-corrected chi connectivity index (χ1v) is 8.90. The van der Waals surface area contributed by atoms with E-state index in [0.29, 0.717) is 10.6 Å². The van der Waals surface area contributed by atoms with Gasteiger partial charge in [-0.05, 0) is 34.9 Å². The Morgan fingerprint density at radius 1 is 0.960 bits per heavy atom. The van der Waals surface area contributed by atoms with Crippen LogP contribution in [0.5, 0.6) is 0 Å². The van der Waals surface area contributed by atoms with Crippen molar-refractivity contribution in [3.63, 3.8) is 0 Å². The number of Topliss-reactive ketones (excluding diaryl/α,β-unsaturated/α-hetero) is 1. The third kappa shape index (κ3) is 4.35. The Balaban J connectivity index is 1.81. The Morgan fingerprint density at radius 2 is 1.64 bits per heavy atom. The molecule has 0 unspecified atom stereocenters. The zero-order chi connectivity index (χ0) is 17.8. The van der Waals surface area contributed by atoms with Crippen molar-refractivity contribution < 1.29 is 14.7 Å². The van der Waals surface area contributed by atoms with E-state index in [4.69, 9.17) is 11.6 Å². The van der Waals surface area contributed by atoms with Gasteiger partial charge < -0.3 is 5.11 Å². The van der Waals surface area contributed by atoms with Crippen molar-refractivity contribution in [1.82, 2.24) is 0 Å². The maximum atomic E-state index is 12.4. The smallest absolute Gasteiger partial charge is 0.346 e. The van der Waals surface area contributed by atoms with Crippen molar-refractivity contribution in [3.05, 3.63) is 81.7 Å². The summed E-state index contributed by atoms with van der Waals surface area (Å²) in [6.07, 6.45) is 0.361. The van der Waals surface area contributed by atoms with E-state index in [2.05, 4.69) is 0 Å². The van der Waals surface area contributed by atoms with Crippen molar-refractivity contribution in [2.45, 2.75) is 12.8 Å². The molecule has 0 fully saturated rings. The van der Waals surface area contributed by atoms with Crippen LogP contribution in [0, 0.1) is 0 Å². The lowest BCUT2D eigenvalue weighted by Crippen LogP contribution is -2.08. The first-order chi connectivity index (χ1) is 12.0. The molecular weight excluding hydrogens is 356 g/mol. The molecule has 0 bridgehead atoms. The third-order valence-corrected chi connectivity index (χ3v) is 5.23. The van der Waals surface area contributed by atoms with Crippen molar-refractivity contribution in [3.8, 4) is 10.4 Å². The van der Waals surface area contributed by atoms with Crippen molar-refractivity contribution >= 4 is 34.7 Å². The number of carboxylic acids is 1. The molecule has 0 aliphatic rings. The molecule has 0 saturated carbocycles. The Morgan fingerprint density at radius 3 is 2.28 bits per heavy atom. The van der Waals surface area contributed by atoms with Gasteiger partial charge in [-0.2, -0.15) is 0 Å². The lowest BCUT2D eigenvalue weighted by Gasteiger charge is -2.02. The molecule has 0 amide bonds. The number of hydrogen-bond donors (Lipinski definition) is 1. The molecule has 0 aliphatic heterocycles.